The summed E-state index contributed by atoms with van der Waals surface area (Å²) in [6, 6.07) is 0. The van der Waals surface area contributed by atoms with Gasteiger partial charge in [-0.25, -0.2) is 0 Å². The molecule has 0 aliphatic heterocycles. The van der Waals surface area contributed by atoms with Gasteiger partial charge in [-0.2, -0.15) is 0 Å². The molecule has 0 saturated heterocycles. The Bertz CT molecular complexity index is 198. The van der Waals surface area contributed by atoms with E-state index in [1.165, 1.54) is 44.9 Å². The van der Waals surface area contributed by atoms with E-state index in [9.17, 15) is 15.0 Å². The van der Waals surface area contributed by atoms with Crippen molar-refractivity contribution in [2.24, 2.45) is 0 Å². The number of aliphatic hydroxyl groups excluding tert-OH is 1. The molecule has 0 aliphatic rings. The zero-order valence-electron chi connectivity index (χ0n) is 12.8. The average molecular weight is 280 g/mol. The van der Waals surface area contributed by atoms with Gasteiger partial charge in [-0.3, -0.25) is 0 Å². The van der Waals surface area contributed by atoms with Crippen molar-refractivity contribution in [2.75, 3.05) is 0 Å². The van der Waals surface area contributed by atoms with Gasteiger partial charge in [-0.05, 0) is 19.3 Å². The van der Waals surface area contributed by atoms with E-state index in [2.05, 4.69) is 6.92 Å². The molecule has 0 radical (unpaired) electrons. The number of hydrogen-bond donors (Lipinski definition) is 1. The predicted molar refractivity (Wildman–Crippen MR) is 72.1 cm³/mol. The first kappa shape index (κ1) is 21.7. The second kappa shape index (κ2) is 16.5. The van der Waals surface area contributed by atoms with Gasteiger partial charge < -0.3 is 15.0 Å². The van der Waals surface area contributed by atoms with Gasteiger partial charge in [0.1, 0.15) is 0 Å². The third-order valence-corrected chi connectivity index (χ3v) is 3.32. The fourth-order valence-electron chi connectivity index (χ4n) is 2.12. The fraction of sp³-hybridized carbons (Fsp3) is 0.933. The summed E-state index contributed by atoms with van der Waals surface area (Å²) in [5.41, 5.74) is 0. The van der Waals surface area contributed by atoms with E-state index in [4.69, 9.17) is 0 Å². The molecule has 0 rings (SSSR count). The SMILES string of the molecule is CCCCCCCCCCCC(O)CCC(=O)[O-].[Na+]. The summed E-state index contributed by atoms with van der Waals surface area (Å²) >= 11 is 0. The molecule has 0 aromatic heterocycles. The number of carboxylic acids is 1. The second-order valence-electron chi connectivity index (χ2n) is 5.18. The smallest absolute Gasteiger partial charge is 0.550 e. The third-order valence-electron chi connectivity index (χ3n) is 3.32. The Balaban J connectivity index is 0. The van der Waals surface area contributed by atoms with E-state index in [0.717, 1.165) is 19.3 Å². The standard InChI is InChI=1S/C15H30O3.Na/c1-2-3-4-5-6-7-8-9-10-11-14(16)12-13-15(17)18;/h14,16H,2-13H2,1H3,(H,17,18);/q;+1/p-1. The van der Waals surface area contributed by atoms with Gasteiger partial charge in [0, 0.05) is 5.97 Å². The average Bonchev–Trinajstić information content (AvgIpc) is 2.34. The minimum atomic E-state index is -1.07. The zero-order chi connectivity index (χ0) is 13.6. The molecule has 3 nitrogen and oxygen atoms in total. The summed E-state index contributed by atoms with van der Waals surface area (Å²) in [7, 11) is 0. The van der Waals surface area contributed by atoms with Crippen molar-refractivity contribution in [3.05, 3.63) is 0 Å². The van der Waals surface area contributed by atoms with Crippen LogP contribution in [0.15, 0.2) is 0 Å². The Morgan fingerprint density at radius 3 is 1.89 bits per heavy atom. The molecule has 1 N–H and O–H groups in total. The van der Waals surface area contributed by atoms with Crippen LogP contribution in [0, 0.1) is 0 Å². The molecule has 0 aromatic rings. The summed E-state index contributed by atoms with van der Waals surface area (Å²) in [5.74, 6) is -1.07. The first-order valence-corrected chi connectivity index (χ1v) is 7.54. The van der Waals surface area contributed by atoms with Crippen LogP contribution in [-0.4, -0.2) is 17.2 Å². The summed E-state index contributed by atoms with van der Waals surface area (Å²) in [5, 5.41) is 19.7. The first-order valence-electron chi connectivity index (χ1n) is 7.54. The van der Waals surface area contributed by atoms with E-state index < -0.39 is 12.1 Å². The van der Waals surface area contributed by atoms with Gasteiger partial charge in [-0.15, -0.1) is 0 Å². The van der Waals surface area contributed by atoms with Crippen molar-refractivity contribution in [3.8, 4) is 0 Å². The van der Waals surface area contributed by atoms with Crippen LogP contribution in [0.3, 0.4) is 0 Å². The molecule has 1 unspecified atom stereocenters. The Kier molecular flexibility index (Phi) is 18.8. The van der Waals surface area contributed by atoms with Gasteiger partial charge in [0.15, 0.2) is 0 Å². The number of aliphatic carboxylic acids is 1. The van der Waals surface area contributed by atoms with E-state index in [-0.39, 0.29) is 36.0 Å². The molecule has 0 amide bonds. The molecule has 1 atom stereocenters. The van der Waals surface area contributed by atoms with E-state index in [0.29, 0.717) is 6.42 Å². The molecule has 4 heteroatoms. The van der Waals surface area contributed by atoms with Gasteiger partial charge in [0.05, 0.1) is 6.10 Å². The Labute approximate surface area is 140 Å². The van der Waals surface area contributed by atoms with Gasteiger partial charge in [-0.1, -0.05) is 64.7 Å². The quantitative estimate of drug-likeness (QED) is 0.375. The van der Waals surface area contributed by atoms with Gasteiger partial charge >= 0.3 is 29.6 Å². The molecule has 19 heavy (non-hydrogen) atoms. The molecule has 0 heterocycles. The van der Waals surface area contributed by atoms with Crippen molar-refractivity contribution in [1.82, 2.24) is 0 Å². The van der Waals surface area contributed by atoms with Crippen molar-refractivity contribution in [2.45, 2.75) is 90.1 Å². The van der Waals surface area contributed by atoms with Crippen LogP contribution >= 0.6 is 0 Å². The van der Waals surface area contributed by atoms with Crippen LogP contribution in [0.4, 0.5) is 0 Å². The maximum atomic E-state index is 10.2. The largest absolute Gasteiger partial charge is 1.00 e. The van der Waals surface area contributed by atoms with E-state index >= 15 is 0 Å². The number of aliphatic hydroxyl groups is 1. The summed E-state index contributed by atoms with van der Waals surface area (Å²) < 4.78 is 0. The van der Waals surface area contributed by atoms with Crippen LogP contribution in [0.25, 0.3) is 0 Å². The molecule has 0 fully saturated rings. The normalized spacial score (nSPS) is 11.9. The first-order chi connectivity index (χ1) is 8.66. The number of carbonyl (C=O) groups excluding carboxylic acids is 1. The van der Waals surface area contributed by atoms with Crippen LogP contribution in [0.1, 0.15) is 84.0 Å². The Morgan fingerprint density at radius 2 is 1.42 bits per heavy atom. The number of carbonyl (C=O) groups is 1. The van der Waals surface area contributed by atoms with Crippen molar-refractivity contribution in [1.29, 1.82) is 0 Å². The van der Waals surface area contributed by atoms with E-state index in [1.807, 2.05) is 0 Å². The Hall–Kier alpha value is 0.430. The number of carboxylic acid groups (broad SMARTS) is 1. The summed E-state index contributed by atoms with van der Waals surface area (Å²) in [4.78, 5) is 10.2. The van der Waals surface area contributed by atoms with Crippen molar-refractivity contribution in [3.63, 3.8) is 0 Å². The zero-order valence-corrected chi connectivity index (χ0v) is 14.8. The molecule has 0 spiro atoms. The molecule has 0 saturated carbocycles. The third kappa shape index (κ3) is 18.4. The molecule has 108 valence electrons. The fourth-order valence-corrected chi connectivity index (χ4v) is 2.12. The molecule has 0 aromatic carbocycles. The predicted octanol–water partition coefficient (Wildman–Crippen LogP) is -0.198. The molecular weight excluding hydrogens is 251 g/mol. The molecule has 0 aliphatic carbocycles. The van der Waals surface area contributed by atoms with Gasteiger partial charge in [0.25, 0.3) is 0 Å². The maximum absolute atomic E-state index is 10.2. The maximum Gasteiger partial charge on any atom is 1.00 e. The number of hydrogen-bond acceptors (Lipinski definition) is 3. The topological polar surface area (TPSA) is 60.4 Å². The van der Waals surface area contributed by atoms with Crippen LogP contribution in [0.5, 0.6) is 0 Å². The number of unbranched alkanes of at least 4 members (excludes halogenated alkanes) is 8. The number of rotatable bonds is 13. The summed E-state index contributed by atoms with van der Waals surface area (Å²) in [6.45, 7) is 2.23. The van der Waals surface area contributed by atoms with Gasteiger partial charge in [0.2, 0.25) is 0 Å². The molecule has 0 bridgehead atoms. The summed E-state index contributed by atoms with van der Waals surface area (Å²) in [6.07, 6.45) is 11.9. The Morgan fingerprint density at radius 1 is 0.947 bits per heavy atom. The second-order valence-corrected chi connectivity index (χ2v) is 5.18. The molecular formula is C15H29NaO3. The van der Waals surface area contributed by atoms with Crippen molar-refractivity contribution >= 4 is 5.97 Å². The van der Waals surface area contributed by atoms with Crippen molar-refractivity contribution < 1.29 is 44.6 Å². The minimum absolute atomic E-state index is 0. The van der Waals surface area contributed by atoms with Crippen LogP contribution in [0.2, 0.25) is 0 Å². The minimum Gasteiger partial charge on any atom is -0.550 e. The van der Waals surface area contributed by atoms with Crippen LogP contribution < -0.4 is 34.7 Å². The van der Waals surface area contributed by atoms with E-state index in [1.54, 1.807) is 0 Å². The monoisotopic (exact) mass is 280 g/mol. The van der Waals surface area contributed by atoms with Crippen LogP contribution in [-0.2, 0) is 4.79 Å².